The summed E-state index contributed by atoms with van der Waals surface area (Å²) in [5.41, 5.74) is 1.42. The van der Waals surface area contributed by atoms with Gasteiger partial charge in [-0.2, -0.15) is 0 Å². The van der Waals surface area contributed by atoms with Crippen molar-refractivity contribution < 1.29 is 0 Å². The maximum absolute atomic E-state index is 2.43. The first-order valence-electron chi connectivity index (χ1n) is 5.48. The van der Waals surface area contributed by atoms with Gasteiger partial charge in [-0.15, -0.1) is 0 Å². The van der Waals surface area contributed by atoms with E-state index in [1.165, 1.54) is 18.5 Å². The molecule has 0 N–H and O–H groups in total. The lowest BCUT2D eigenvalue weighted by molar-refractivity contribution is 0.307. The minimum absolute atomic E-state index is 0.962. The predicted molar refractivity (Wildman–Crippen MR) is 60.0 cm³/mol. The highest BCUT2D eigenvalue weighted by Gasteiger charge is 2.32. The van der Waals surface area contributed by atoms with Gasteiger partial charge in [0.1, 0.15) is 0 Å². The van der Waals surface area contributed by atoms with Crippen molar-refractivity contribution in [2.75, 3.05) is 13.6 Å². The van der Waals surface area contributed by atoms with Crippen LogP contribution in [0.5, 0.6) is 0 Å². The summed E-state index contributed by atoms with van der Waals surface area (Å²) in [6.45, 7) is 4.70. The second-order valence-corrected chi connectivity index (χ2v) is 4.66. The molecule has 1 saturated carbocycles. The van der Waals surface area contributed by atoms with E-state index in [4.69, 9.17) is 0 Å². The summed E-state index contributed by atoms with van der Waals surface area (Å²) in [6.07, 6.45) is 1.43. The molecule has 1 heteroatoms. The van der Waals surface area contributed by atoms with E-state index in [-0.39, 0.29) is 0 Å². The van der Waals surface area contributed by atoms with Crippen molar-refractivity contribution in [3.05, 3.63) is 35.9 Å². The molecule has 1 aliphatic rings. The smallest absolute Gasteiger partial charge is 0.0230 e. The number of hydrogen-bond donors (Lipinski definition) is 0. The van der Waals surface area contributed by atoms with E-state index in [9.17, 15) is 0 Å². The minimum Gasteiger partial charge on any atom is -0.302 e. The summed E-state index contributed by atoms with van der Waals surface area (Å²) < 4.78 is 0. The van der Waals surface area contributed by atoms with Crippen LogP contribution in [0.1, 0.15) is 18.9 Å². The second kappa shape index (κ2) is 4.14. The standard InChI is InChI=1S/C13H19N/c1-11-8-13(11)10-14(2)9-12-6-4-3-5-7-12/h3-7,11,13H,8-10H2,1-2H3/t11-,13+/m1/s1. The van der Waals surface area contributed by atoms with Crippen molar-refractivity contribution >= 4 is 0 Å². The molecule has 0 amide bonds. The van der Waals surface area contributed by atoms with E-state index in [1.807, 2.05) is 0 Å². The molecule has 1 fully saturated rings. The molecule has 0 unspecified atom stereocenters. The van der Waals surface area contributed by atoms with E-state index in [2.05, 4.69) is 49.2 Å². The van der Waals surface area contributed by atoms with E-state index in [0.29, 0.717) is 0 Å². The van der Waals surface area contributed by atoms with Crippen LogP contribution in [-0.4, -0.2) is 18.5 Å². The predicted octanol–water partition coefficient (Wildman–Crippen LogP) is 2.77. The van der Waals surface area contributed by atoms with E-state index >= 15 is 0 Å². The van der Waals surface area contributed by atoms with Crippen molar-refractivity contribution in [1.29, 1.82) is 0 Å². The van der Waals surface area contributed by atoms with Crippen LogP contribution in [0.3, 0.4) is 0 Å². The lowest BCUT2D eigenvalue weighted by Gasteiger charge is -2.16. The first kappa shape index (κ1) is 9.72. The van der Waals surface area contributed by atoms with Crippen LogP contribution >= 0.6 is 0 Å². The van der Waals surface area contributed by atoms with Crippen LogP contribution in [-0.2, 0) is 6.54 Å². The molecule has 14 heavy (non-hydrogen) atoms. The normalized spacial score (nSPS) is 25.4. The molecule has 0 saturated heterocycles. The Morgan fingerprint density at radius 3 is 2.50 bits per heavy atom. The number of nitrogens with zero attached hydrogens (tertiary/aromatic N) is 1. The average molecular weight is 189 g/mol. The van der Waals surface area contributed by atoms with Gasteiger partial charge in [0.15, 0.2) is 0 Å². The number of benzene rings is 1. The fourth-order valence-electron chi connectivity index (χ4n) is 2.01. The Kier molecular flexibility index (Phi) is 2.87. The minimum atomic E-state index is 0.962. The molecule has 2 rings (SSSR count). The van der Waals surface area contributed by atoms with Gasteiger partial charge in [0.05, 0.1) is 0 Å². The first-order valence-corrected chi connectivity index (χ1v) is 5.48. The quantitative estimate of drug-likeness (QED) is 0.704. The van der Waals surface area contributed by atoms with Crippen LogP contribution in [0.15, 0.2) is 30.3 Å². The van der Waals surface area contributed by atoms with Crippen molar-refractivity contribution in [2.24, 2.45) is 11.8 Å². The molecule has 0 heterocycles. The largest absolute Gasteiger partial charge is 0.302 e. The van der Waals surface area contributed by atoms with Crippen molar-refractivity contribution in [2.45, 2.75) is 19.9 Å². The Morgan fingerprint density at radius 2 is 1.93 bits per heavy atom. The van der Waals surface area contributed by atoms with Crippen LogP contribution in [0.25, 0.3) is 0 Å². The number of hydrogen-bond acceptors (Lipinski definition) is 1. The Labute approximate surface area is 86.7 Å². The van der Waals surface area contributed by atoms with Gasteiger partial charge < -0.3 is 4.90 Å². The summed E-state index contributed by atoms with van der Waals surface area (Å²) in [4.78, 5) is 2.43. The van der Waals surface area contributed by atoms with Crippen molar-refractivity contribution in [1.82, 2.24) is 4.90 Å². The lowest BCUT2D eigenvalue weighted by atomic mass is 10.2. The Hall–Kier alpha value is -0.820. The van der Waals surface area contributed by atoms with Crippen LogP contribution in [0, 0.1) is 11.8 Å². The molecular formula is C13H19N. The van der Waals surface area contributed by atoms with Gasteiger partial charge in [0, 0.05) is 13.1 Å². The molecule has 0 aliphatic heterocycles. The van der Waals surface area contributed by atoms with Gasteiger partial charge in [-0.1, -0.05) is 37.3 Å². The van der Waals surface area contributed by atoms with Crippen LogP contribution in [0.2, 0.25) is 0 Å². The molecule has 0 bridgehead atoms. The van der Waals surface area contributed by atoms with Gasteiger partial charge in [0.2, 0.25) is 0 Å². The van der Waals surface area contributed by atoms with Crippen LogP contribution < -0.4 is 0 Å². The SMILES string of the molecule is C[C@@H]1C[C@H]1CN(C)Cc1ccccc1. The average Bonchev–Trinajstić information content (AvgIpc) is 2.83. The molecule has 76 valence electrons. The van der Waals surface area contributed by atoms with E-state index in [0.717, 1.165) is 18.4 Å². The first-order chi connectivity index (χ1) is 6.75. The highest BCUT2D eigenvalue weighted by Crippen LogP contribution is 2.38. The lowest BCUT2D eigenvalue weighted by Crippen LogP contribution is -2.20. The van der Waals surface area contributed by atoms with Gasteiger partial charge in [-0.25, -0.2) is 0 Å². The monoisotopic (exact) mass is 189 g/mol. The molecule has 0 radical (unpaired) electrons. The highest BCUT2D eigenvalue weighted by atomic mass is 15.1. The zero-order chi connectivity index (χ0) is 9.97. The summed E-state index contributed by atoms with van der Waals surface area (Å²) in [7, 11) is 2.22. The zero-order valence-corrected chi connectivity index (χ0v) is 9.11. The third-order valence-electron chi connectivity index (χ3n) is 3.12. The van der Waals surface area contributed by atoms with Crippen molar-refractivity contribution in [3.63, 3.8) is 0 Å². The third kappa shape index (κ3) is 2.58. The van der Waals surface area contributed by atoms with Crippen LogP contribution in [0.4, 0.5) is 0 Å². The number of rotatable bonds is 4. The highest BCUT2D eigenvalue weighted by molar-refractivity contribution is 5.14. The Morgan fingerprint density at radius 1 is 1.29 bits per heavy atom. The molecule has 1 aliphatic carbocycles. The van der Waals surface area contributed by atoms with E-state index < -0.39 is 0 Å². The fraction of sp³-hybridized carbons (Fsp3) is 0.538. The topological polar surface area (TPSA) is 3.24 Å². The second-order valence-electron chi connectivity index (χ2n) is 4.66. The maximum Gasteiger partial charge on any atom is 0.0230 e. The van der Waals surface area contributed by atoms with Gasteiger partial charge in [-0.3, -0.25) is 0 Å². The third-order valence-corrected chi connectivity index (χ3v) is 3.12. The summed E-state index contributed by atoms with van der Waals surface area (Å²) in [5.74, 6) is 1.93. The molecule has 1 aromatic carbocycles. The molecule has 1 nitrogen and oxygen atoms in total. The molecule has 2 atom stereocenters. The molecule has 0 aromatic heterocycles. The van der Waals surface area contributed by atoms with Gasteiger partial charge in [0.25, 0.3) is 0 Å². The fourth-order valence-corrected chi connectivity index (χ4v) is 2.01. The summed E-state index contributed by atoms with van der Waals surface area (Å²) >= 11 is 0. The Balaban J connectivity index is 1.80. The summed E-state index contributed by atoms with van der Waals surface area (Å²) in [5, 5.41) is 0. The molecular weight excluding hydrogens is 170 g/mol. The summed E-state index contributed by atoms with van der Waals surface area (Å²) in [6, 6.07) is 10.7. The van der Waals surface area contributed by atoms with Gasteiger partial charge in [-0.05, 0) is 30.9 Å². The maximum atomic E-state index is 2.43. The molecule has 0 spiro atoms. The van der Waals surface area contributed by atoms with Gasteiger partial charge >= 0.3 is 0 Å². The van der Waals surface area contributed by atoms with E-state index in [1.54, 1.807) is 0 Å². The molecule has 1 aromatic rings. The Bertz CT molecular complexity index is 281. The van der Waals surface area contributed by atoms with Crippen molar-refractivity contribution in [3.8, 4) is 0 Å². The zero-order valence-electron chi connectivity index (χ0n) is 9.11.